The van der Waals surface area contributed by atoms with Gasteiger partial charge in [0.1, 0.15) is 0 Å². The van der Waals surface area contributed by atoms with E-state index in [1.807, 2.05) is 19.1 Å². The van der Waals surface area contributed by atoms with Crippen molar-refractivity contribution in [2.75, 3.05) is 0 Å². The van der Waals surface area contributed by atoms with Crippen LogP contribution in [0.5, 0.6) is 0 Å². The van der Waals surface area contributed by atoms with Gasteiger partial charge < -0.3 is 5.11 Å². The molecule has 7 heteroatoms. The Morgan fingerprint density at radius 3 is 2.54 bits per heavy atom. The van der Waals surface area contributed by atoms with Gasteiger partial charge in [-0.25, -0.2) is 13.1 Å². The highest BCUT2D eigenvalue weighted by molar-refractivity contribution is 7.89. The number of hydrogen-bond donors (Lipinski definition) is 2. The van der Waals surface area contributed by atoms with E-state index in [4.69, 9.17) is 5.11 Å². The summed E-state index contributed by atoms with van der Waals surface area (Å²) < 4.78 is 27.9. The summed E-state index contributed by atoms with van der Waals surface area (Å²) in [6.07, 6.45) is 1.41. The van der Waals surface area contributed by atoms with E-state index >= 15 is 0 Å². The molecule has 0 bridgehead atoms. The summed E-state index contributed by atoms with van der Waals surface area (Å²) in [6, 6.07) is 9.58. The molecule has 2 N–H and O–H groups in total. The number of aliphatic carboxylic acids is 1. The summed E-state index contributed by atoms with van der Waals surface area (Å²) in [6.45, 7) is 5.35. The fourth-order valence-corrected chi connectivity index (χ4v) is 3.76. The van der Waals surface area contributed by atoms with Gasteiger partial charge in [0.25, 0.3) is 0 Å². The number of rotatable bonds is 6. The van der Waals surface area contributed by atoms with Crippen LogP contribution in [0.2, 0.25) is 0 Å². The maximum Gasteiger partial charge on any atom is 0.307 e. The standard InChI is InChI=1S/C17H20N2O4S/c1-12-7-8-14(11-18-12)17(2,3)19-24(22,23)15-6-4-5-13(9-15)10-16(20)21/h4-9,11,19H,10H2,1-3H3,(H,20,21). The monoisotopic (exact) mass is 348 g/mol. The molecule has 0 aliphatic rings. The van der Waals surface area contributed by atoms with Gasteiger partial charge in [0.2, 0.25) is 10.0 Å². The molecular weight excluding hydrogens is 328 g/mol. The van der Waals surface area contributed by atoms with Crippen molar-refractivity contribution in [3.8, 4) is 0 Å². The van der Waals surface area contributed by atoms with Crippen LogP contribution >= 0.6 is 0 Å². The SMILES string of the molecule is Cc1ccc(C(C)(C)NS(=O)(=O)c2cccc(CC(=O)O)c2)cn1. The van der Waals surface area contributed by atoms with Crippen LogP contribution in [0.3, 0.4) is 0 Å². The first kappa shape index (κ1) is 18.1. The second-order valence-corrected chi connectivity index (χ2v) is 7.82. The summed E-state index contributed by atoms with van der Waals surface area (Å²) in [5.41, 5.74) is 1.15. The van der Waals surface area contributed by atoms with Gasteiger partial charge in [0, 0.05) is 11.9 Å². The van der Waals surface area contributed by atoms with Gasteiger partial charge in [0.05, 0.1) is 16.9 Å². The van der Waals surface area contributed by atoms with Crippen molar-refractivity contribution in [1.82, 2.24) is 9.71 Å². The van der Waals surface area contributed by atoms with E-state index in [0.717, 1.165) is 11.3 Å². The zero-order chi connectivity index (χ0) is 18.0. The summed E-state index contributed by atoms with van der Waals surface area (Å²) in [4.78, 5) is 15.0. The number of nitrogens with one attached hydrogen (secondary N) is 1. The zero-order valence-electron chi connectivity index (χ0n) is 13.8. The summed E-state index contributed by atoms with van der Waals surface area (Å²) >= 11 is 0. The Labute approximate surface area is 141 Å². The van der Waals surface area contributed by atoms with Crippen molar-refractivity contribution < 1.29 is 18.3 Å². The number of carboxylic acid groups (broad SMARTS) is 1. The molecule has 6 nitrogen and oxygen atoms in total. The van der Waals surface area contributed by atoms with Crippen molar-refractivity contribution in [3.05, 3.63) is 59.4 Å². The maximum absolute atomic E-state index is 12.6. The molecule has 1 heterocycles. The largest absolute Gasteiger partial charge is 0.481 e. The van der Waals surface area contributed by atoms with Crippen LogP contribution in [0.15, 0.2) is 47.5 Å². The number of carboxylic acids is 1. The van der Waals surface area contributed by atoms with Crippen LogP contribution in [0, 0.1) is 6.92 Å². The van der Waals surface area contributed by atoms with Crippen molar-refractivity contribution in [2.24, 2.45) is 0 Å². The Morgan fingerprint density at radius 1 is 1.25 bits per heavy atom. The lowest BCUT2D eigenvalue weighted by Crippen LogP contribution is -2.41. The highest BCUT2D eigenvalue weighted by atomic mass is 32.2. The predicted octanol–water partition coefficient (Wildman–Crippen LogP) is 2.23. The molecule has 1 aromatic heterocycles. The van der Waals surface area contributed by atoms with Crippen molar-refractivity contribution >= 4 is 16.0 Å². The highest BCUT2D eigenvalue weighted by Gasteiger charge is 2.28. The molecule has 128 valence electrons. The van der Waals surface area contributed by atoms with Gasteiger partial charge in [-0.1, -0.05) is 18.2 Å². The Kier molecular flexibility index (Phi) is 5.05. The second kappa shape index (κ2) is 6.70. The predicted molar refractivity (Wildman–Crippen MR) is 90.1 cm³/mol. The summed E-state index contributed by atoms with van der Waals surface area (Å²) in [7, 11) is -3.81. The summed E-state index contributed by atoms with van der Waals surface area (Å²) in [5.74, 6) is -1.01. The van der Waals surface area contributed by atoms with Crippen LogP contribution in [0.25, 0.3) is 0 Å². The topological polar surface area (TPSA) is 96.4 Å². The van der Waals surface area contributed by atoms with Gasteiger partial charge >= 0.3 is 5.97 Å². The Bertz CT molecular complexity index is 843. The average Bonchev–Trinajstić information content (AvgIpc) is 2.46. The molecule has 0 radical (unpaired) electrons. The first-order chi connectivity index (χ1) is 11.1. The number of hydrogen-bond acceptors (Lipinski definition) is 4. The fraction of sp³-hybridized carbons (Fsp3) is 0.294. The van der Waals surface area contributed by atoms with E-state index in [9.17, 15) is 13.2 Å². The van der Waals surface area contributed by atoms with Crippen LogP contribution in [0.1, 0.15) is 30.7 Å². The lowest BCUT2D eigenvalue weighted by molar-refractivity contribution is -0.136. The van der Waals surface area contributed by atoms with E-state index in [-0.39, 0.29) is 11.3 Å². The molecular formula is C17H20N2O4S. The third kappa shape index (κ3) is 4.39. The van der Waals surface area contributed by atoms with Crippen LogP contribution < -0.4 is 4.72 Å². The number of sulfonamides is 1. The van der Waals surface area contributed by atoms with Gasteiger partial charge in [-0.05, 0) is 50.1 Å². The smallest absolute Gasteiger partial charge is 0.307 e. The quantitative estimate of drug-likeness (QED) is 0.834. The number of benzene rings is 1. The van der Waals surface area contributed by atoms with E-state index < -0.39 is 21.5 Å². The lowest BCUT2D eigenvalue weighted by Gasteiger charge is -2.26. The third-order valence-corrected chi connectivity index (χ3v) is 5.24. The van der Waals surface area contributed by atoms with Crippen molar-refractivity contribution in [3.63, 3.8) is 0 Å². The van der Waals surface area contributed by atoms with E-state index in [0.29, 0.717) is 5.56 Å². The highest BCUT2D eigenvalue weighted by Crippen LogP contribution is 2.23. The molecule has 0 saturated carbocycles. The number of aromatic nitrogens is 1. The molecule has 0 atom stereocenters. The molecule has 0 spiro atoms. The Hall–Kier alpha value is -2.25. The molecule has 0 aliphatic carbocycles. The van der Waals surface area contributed by atoms with Crippen LogP contribution in [-0.2, 0) is 26.8 Å². The van der Waals surface area contributed by atoms with Crippen molar-refractivity contribution in [1.29, 1.82) is 0 Å². The number of aryl methyl sites for hydroxylation is 1. The molecule has 24 heavy (non-hydrogen) atoms. The normalized spacial score (nSPS) is 12.1. The minimum atomic E-state index is -3.81. The minimum Gasteiger partial charge on any atom is -0.481 e. The van der Waals surface area contributed by atoms with E-state index in [1.54, 1.807) is 26.1 Å². The first-order valence-corrected chi connectivity index (χ1v) is 8.86. The Morgan fingerprint density at radius 2 is 1.96 bits per heavy atom. The maximum atomic E-state index is 12.6. The van der Waals surface area contributed by atoms with E-state index in [2.05, 4.69) is 9.71 Å². The van der Waals surface area contributed by atoms with Gasteiger partial charge in [-0.3, -0.25) is 9.78 Å². The van der Waals surface area contributed by atoms with Gasteiger partial charge in [-0.2, -0.15) is 0 Å². The number of carbonyl (C=O) groups is 1. The average molecular weight is 348 g/mol. The zero-order valence-corrected chi connectivity index (χ0v) is 14.6. The molecule has 0 saturated heterocycles. The molecule has 1 aromatic carbocycles. The molecule has 0 fully saturated rings. The van der Waals surface area contributed by atoms with Gasteiger partial charge in [-0.15, -0.1) is 0 Å². The second-order valence-electron chi connectivity index (χ2n) is 6.14. The van der Waals surface area contributed by atoms with Crippen LogP contribution in [-0.4, -0.2) is 24.5 Å². The Balaban J connectivity index is 2.30. The van der Waals surface area contributed by atoms with Crippen LogP contribution in [0.4, 0.5) is 0 Å². The molecule has 0 aliphatic heterocycles. The molecule has 0 unspecified atom stereocenters. The lowest BCUT2D eigenvalue weighted by atomic mass is 9.97. The minimum absolute atomic E-state index is 0.0365. The number of nitrogens with zero attached hydrogens (tertiary/aromatic N) is 1. The molecule has 2 aromatic rings. The van der Waals surface area contributed by atoms with Gasteiger partial charge in [0.15, 0.2) is 0 Å². The summed E-state index contributed by atoms with van der Waals surface area (Å²) in [5, 5.41) is 8.85. The first-order valence-electron chi connectivity index (χ1n) is 7.38. The molecule has 2 rings (SSSR count). The number of pyridine rings is 1. The fourth-order valence-electron chi connectivity index (χ4n) is 2.29. The van der Waals surface area contributed by atoms with E-state index in [1.165, 1.54) is 18.2 Å². The third-order valence-electron chi connectivity index (χ3n) is 3.59. The van der Waals surface area contributed by atoms with Crippen molar-refractivity contribution in [2.45, 2.75) is 37.6 Å². The molecule has 0 amide bonds.